The van der Waals surface area contributed by atoms with Gasteiger partial charge < -0.3 is 5.73 Å². The Morgan fingerprint density at radius 3 is 2.75 bits per heavy atom. The van der Waals surface area contributed by atoms with Gasteiger partial charge in [-0.1, -0.05) is 6.07 Å². The Hall–Kier alpha value is -0.890. The summed E-state index contributed by atoms with van der Waals surface area (Å²) in [5, 5.41) is 0. The van der Waals surface area contributed by atoms with E-state index in [-0.39, 0.29) is 0 Å². The number of nitrogens with zero attached hydrogens (tertiary/aromatic N) is 1. The Balaban J connectivity index is 2.04. The van der Waals surface area contributed by atoms with Gasteiger partial charge in [-0.15, -0.1) is 0 Å². The molecule has 0 saturated heterocycles. The first-order valence-electron chi connectivity index (χ1n) is 4.45. The van der Waals surface area contributed by atoms with Gasteiger partial charge in [0.15, 0.2) is 0 Å². The fourth-order valence-electron chi connectivity index (χ4n) is 1.52. The van der Waals surface area contributed by atoms with Crippen molar-refractivity contribution < 1.29 is 0 Å². The monoisotopic (exact) mass is 162 g/mol. The maximum atomic E-state index is 5.69. The van der Waals surface area contributed by atoms with E-state index in [2.05, 4.69) is 11.1 Å². The van der Waals surface area contributed by atoms with Gasteiger partial charge in [0.05, 0.1) is 0 Å². The Morgan fingerprint density at radius 2 is 2.25 bits per heavy atom. The average molecular weight is 162 g/mol. The molecule has 1 aliphatic rings. The summed E-state index contributed by atoms with van der Waals surface area (Å²) in [6.45, 7) is 0.809. The molecule has 12 heavy (non-hydrogen) atoms. The van der Waals surface area contributed by atoms with Crippen LogP contribution in [0.5, 0.6) is 0 Å². The minimum atomic E-state index is 0.411. The van der Waals surface area contributed by atoms with Crippen molar-refractivity contribution in [1.29, 1.82) is 0 Å². The van der Waals surface area contributed by atoms with Crippen LogP contribution in [0.3, 0.4) is 0 Å². The summed E-state index contributed by atoms with van der Waals surface area (Å²) in [7, 11) is 0. The van der Waals surface area contributed by atoms with Gasteiger partial charge in [0.2, 0.25) is 0 Å². The van der Waals surface area contributed by atoms with Gasteiger partial charge in [0.1, 0.15) is 0 Å². The molecule has 0 amide bonds. The quantitative estimate of drug-likeness (QED) is 0.729. The number of hydrogen-bond acceptors (Lipinski definition) is 2. The van der Waals surface area contributed by atoms with Crippen molar-refractivity contribution in [3.05, 3.63) is 30.1 Å². The van der Waals surface area contributed by atoms with Gasteiger partial charge in [-0.25, -0.2) is 0 Å². The molecule has 0 aromatic carbocycles. The molecule has 1 aromatic heterocycles. The van der Waals surface area contributed by atoms with Crippen LogP contribution in [0.2, 0.25) is 0 Å². The minimum absolute atomic E-state index is 0.411. The van der Waals surface area contributed by atoms with E-state index >= 15 is 0 Å². The molecule has 2 nitrogen and oxygen atoms in total. The molecule has 1 fully saturated rings. The number of aromatic nitrogens is 1. The molecular weight excluding hydrogens is 148 g/mol. The second-order valence-electron chi connectivity index (χ2n) is 3.70. The van der Waals surface area contributed by atoms with Gasteiger partial charge in [-0.3, -0.25) is 4.98 Å². The molecule has 0 atom stereocenters. The highest BCUT2D eigenvalue weighted by atomic mass is 14.7. The number of hydrogen-bond donors (Lipinski definition) is 1. The van der Waals surface area contributed by atoms with Crippen LogP contribution in [0, 0.1) is 5.41 Å². The minimum Gasteiger partial charge on any atom is -0.330 e. The van der Waals surface area contributed by atoms with Crippen molar-refractivity contribution in [1.82, 2.24) is 4.98 Å². The van der Waals surface area contributed by atoms with E-state index in [1.807, 2.05) is 18.3 Å². The maximum Gasteiger partial charge on any atom is 0.0409 e. The zero-order valence-electron chi connectivity index (χ0n) is 7.16. The fourth-order valence-corrected chi connectivity index (χ4v) is 1.52. The number of nitrogens with two attached hydrogens (primary N) is 1. The lowest BCUT2D eigenvalue weighted by atomic mass is 10.0. The molecule has 1 saturated carbocycles. The molecule has 0 radical (unpaired) electrons. The van der Waals surface area contributed by atoms with E-state index in [4.69, 9.17) is 5.73 Å². The molecule has 1 aliphatic carbocycles. The highest BCUT2D eigenvalue weighted by molar-refractivity contribution is 5.10. The molecule has 2 rings (SSSR count). The molecule has 0 bridgehead atoms. The maximum absolute atomic E-state index is 5.69. The lowest BCUT2D eigenvalue weighted by Crippen LogP contribution is -2.18. The molecule has 0 unspecified atom stereocenters. The fraction of sp³-hybridized carbons (Fsp3) is 0.500. The highest BCUT2D eigenvalue weighted by Crippen LogP contribution is 2.46. The van der Waals surface area contributed by atoms with E-state index in [0.29, 0.717) is 5.41 Å². The van der Waals surface area contributed by atoms with Crippen LogP contribution < -0.4 is 5.73 Å². The largest absolute Gasteiger partial charge is 0.330 e. The van der Waals surface area contributed by atoms with Crippen molar-refractivity contribution in [2.75, 3.05) is 6.54 Å². The topological polar surface area (TPSA) is 38.9 Å². The number of rotatable bonds is 3. The van der Waals surface area contributed by atoms with Gasteiger partial charge in [0, 0.05) is 11.9 Å². The van der Waals surface area contributed by atoms with Crippen LogP contribution in [0.15, 0.2) is 24.4 Å². The second-order valence-corrected chi connectivity index (χ2v) is 3.70. The summed E-state index contributed by atoms with van der Waals surface area (Å²) in [5.74, 6) is 0. The van der Waals surface area contributed by atoms with Crippen LogP contribution in [-0.4, -0.2) is 11.5 Å². The molecule has 1 aromatic rings. The second kappa shape index (κ2) is 2.87. The number of pyridine rings is 1. The lowest BCUT2D eigenvalue weighted by molar-refractivity contribution is 0.514. The molecule has 2 N–H and O–H groups in total. The van der Waals surface area contributed by atoms with Crippen LogP contribution in [0.25, 0.3) is 0 Å². The normalized spacial score (nSPS) is 19.1. The van der Waals surface area contributed by atoms with E-state index in [1.54, 1.807) is 0 Å². The SMILES string of the molecule is NCC1(Cc2ccccn2)CC1. The first-order chi connectivity index (χ1) is 5.85. The van der Waals surface area contributed by atoms with E-state index in [9.17, 15) is 0 Å². The van der Waals surface area contributed by atoms with Crippen LogP contribution in [0.4, 0.5) is 0 Å². The van der Waals surface area contributed by atoms with E-state index in [1.165, 1.54) is 18.5 Å². The molecule has 1 heterocycles. The first-order valence-corrected chi connectivity index (χ1v) is 4.45. The summed E-state index contributed by atoms with van der Waals surface area (Å²) < 4.78 is 0. The van der Waals surface area contributed by atoms with Crippen molar-refractivity contribution in [2.24, 2.45) is 11.1 Å². The van der Waals surface area contributed by atoms with Crippen molar-refractivity contribution in [3.8, 4) is 0 Å². The molecule has 64 valence electrons. The highest BCUT2D eigenvalue weighted by Gasteiger charge is 2.41. The third-order valence-corrected chi connectivity index (χ3v) is 2.67. The lowest BCUT2D eigenvalue weighted by Gasteiger charge is -2.10. The van der Waals surface area contributed by atoms with Crippen LogP contribution in [-0.2, 0) is 6.42 Å². The Morgan fingerprint density at radius 1 is 1.42 bits per heavy atom. The standard InChI is InChI=1S/C10H14N2/c11-8-10(4-5-10)7-9-3-1-2-6-12-9/h1-3,6H,4-5,7-8,11H2. The van der Waals surface area contributed by atoms with Gasteiger partial charge in [0.25, 0.3) is 0 Å². The van der Waals surface area contributed by atoms with Crippen molar-refractivity contribution in [3.63, 3.8) is 0 Å². The average Bonchev–Trinajstić information content (AvgIpc) is 2.88. The third kappa shape index (κ3) is 1.48. The van der Waals surface area contributed by atoms with Crippen molar-refractivity contribution >= 4 is 0 Å². The molecule has 0 spiro atoms. The molecular formula is C10H14N2. The van der Waals surface area contributed by atoms with Gasteiger partial charge >= 0.3 is 0 Å². The third-order valence-electron chi connectivity index (χ3n) is 2.67. The van der Waals surface area contributed by atoms with E-state index in [0.717, 1.165) is 13.0 Å². The predicted octanol–water partition coefficient (Wildman–Crippen LogP) is 1.36. The van der Waals surface area contributed by atoms with E-state index < -0.39 is 0 Å². The van der Waals surface area contributed by atoms with Gasteiger partial charge in [-0.2, -0.15) is 0 Å². The Kier molecular flexibility index (Phi) is 1.85. The Labute approximate surface area is 72.8 Å². The van der Waals surface area contributed by atoms with Crippen LogP contribution >= 0.6 is 0 Å². The van der Waals surface area contributed by atoms with Gasteiger partial charge in [-0.05, 0) is 43.4 Å². The molecule has 0 aliphatic heterocycles. The summed E-state index contributed by atoms with van der Waals surface area (Å²) in [6.07, 6.45) is 5.46. The molecule has 2 heteroatoms. The summed E-state index contributed by atoms with van der Waals surface area (Å²) in [5.41, 5.74) is 7.28. The smallest absolute Gasteiger partial charge is 0.0409 e. The first kappa shape index (κ1) is 7.74. The zero-order chi connectivity index (χ0) is 8.44. The summed E-state index contributed by atoms with van der Waals surface area (Å²) in [4.78, 5) is 4.30. The van der Waals surface area contributed by atoms with Crippen molar-refractivity contribution in [2.45, 2.75) is 19.3 Å². The zero-order valence-corrected chi connectivity index (χ0v) is 7.16. The summed E-state index contributed by atoms with van der Waals surface area (Å²) >= 11 is 0. The predicted molar refractivity (Wildman–Crippen MR) is 48.7 cm³/mol. The summed E-state index contributed by atoms with van der Waals surface area (Å²) in [6, 6.07) is 6.07. The Bertz CT molecular complexity index is 252. The van der Waals surface area contributed by atoms with Crippen LogP contribution in [0.1, 0.15) is 18.5 Å².